The van der Waals surface area contributed by atoms with E-state index in [4.69, 9.17) is 5.11 Å². The van der Waals surface area contributed by atoms with E-state index in [0.717, 1.165) is 63.0 Å². The summed E-state index contributed by atoms with van der Waals surface area (Å²) < 4.78 is 0. The van der Waals surface area contributed by atoms with Crippen molar-refractivity contribution in [2.75, 3.05) is 13.1 Å². The molecule has 0 spiro atoms. The Morgan fingerprint density at radius 2 is 1.92 bits per heavy atom. The average molecular weight is 365 g/mol. The molecule has 0 bridgehead atoms. The molecule has 7 heteroatoms. The summed E-state index contributed by atoms with van der Waals surface area (Å²) in [5.41, 5.74) is 0.548. The highest BCUT2D eigenvalue weighted by molar-refractivity contribution is 7.09. The van der Waals surface area contributed by atoms with E-state index in [1.807, 2.05) is 5.38 Å². The second-order valence-corrected chi connectivity index (χ2v) is 8.11. The number of carboxylic acids is 1. The van der Waals surface area contributed by atoms with Gasteiger partial charge in [-0.15, -0.1) is 11.3 Å². The van der Waals surface area contributed by atoms with Crippen molar-refractivity contribution >= 4 is 23.2 Å². The topological polar surface area (TPSA) is 91.3 Å². The normalized spacial score (nSPS) is 24.8. The lowest BCUT2D eigenvalue weighted by Crippen LogP contribution is -2.37. The van der Waals surface area contributed by atoms with Crippen molar-refractivity contribution in [2.45, 2.75) is 63.3 Å². The van der Waals surface area contributed by atoms with Gasteiger partial charge in [0.2, 0.25) is 0 Å². The molecule has 1 aromatic heterocycles. The molecule has 2 heterocycles. The number of amides is 1. The molecule has 6 nitrogen and oxygen atoms in total. The lowest BCUT2D eigenvalue weighted by Gasteiger charge is -2.28. The number of carbonyl (C=O) groups excluding carboxylic acids is 1. The fraction of sp³-hybridized carbons (Fsp3) is 0.722. The number of hydrogen-bond acceptors (Lipinski definition) is 5. The van der Waals surface area contributed by atoms with E-state index >= 15 is 0 Å². The highest BCUT2D eigenvalue weighted by Crippen LogP contribution is 2.29. The molecule has 1 saturated carbocycles. The molecule has 0 radical (unpaired) electrons. The van der Waals surface area contributed by atoms with Crippen LogP contribution in [-0.2, 0) is 4.79 Å². The molecule has 0 atom stereocenters. The van der Waals surface area contributed by atoms with Gasteiger partial charge in [-0.1, -0.05) is 0 Å². The van der Waals surface area contributed by atoms with Crippen LogP contribution in [0.25, 0.3) is 0 Å². The van der Waals surface area contributed by atoms with E-state index in [1.165, 1.54) is 0 Å². The number of aromatic nitrogens is 1. The molecule has 1 amide bonds. The Labute approximate surface area is 152 Å². The number of aliphatic carboxylic acids is 1. The Morgan fingerprint density at radius 3 is 2.60 bits per heavy atom. The lowest BCUT2D eigenvalue weighted by atomic mass is 9.83. The quantitative estimate of drug-likeness (QED) is 0.721. The summed E-state index contributed by atoms with van der Waals surface area (Å²) in [4.78, 5) is 27.7. The number of piperidine rings is 1. The Hall–Kier alpha value is -1.47. The van der Waals surface area contributed by atoms with Gasteiger partial charge in [0.05, 0.1) is 5.01 Å². The van der Waals surface area contributed by atoms with E-state index in [-0.39, 0.29) is 18.4 Å². The average Bonchev–Trinajstić information content (AvgIpc) is 3.12. The van der Waals surface area contributed by atoms with E-state index in [0.29, 0.717) is 17.5 Å². The van der Waals surface area contributed by atoms with Crippen LogP contribution in [0.5, 0.6) is 0 Å². The van der Waals surface area contributed by atoms with Gasteiger partial charge in [-0.05, 0) is 64.0 Å². The molecular formula is C18H27N3O3S. The third-order valence-electron chi connectivity index (χ3n) is 5.39. The zero-order valence-corrected chi connectivity index (χ0v) is 15.3. The smallest absolute Gasteiger partial charge is 0.303 e. The highest BCUT2D eigenvalue weighted by Gasteiger charge is 2.25. The van der Waals surface area contributed by atoms with Crippen LogP contribution < -0.4 is 10.6 Å². The number of nitrogens with one attached hydrogen (secondary N) is 2. The van der Waals surface area contributed by atoms with Crippen LogP contribution in [0, 0.1) is 5.92 Å². The first-order chi connectivity index (χ1) is 12.1. The summed E-state index contributed by atoms with van der Waals surface area (Å²) in [6, 6.07) is 0.192. The van der Waals surface area contributed by atoms with E-state index in [2.05, 4.69) is 15.6 Å². The number of rotatable bonds is 6. The SMILES string of the molecule is O=C(O)CCC1CCC(NC(=O)c2csc(C3CCNCC3)n2)CC1. The number of carbonyl (C=O) groups is 2. The predicted octanol–water partition coefficient (Wildman–Crippen LogP) is 2.76. The number of hydrogen-bond donors (Lipinski definition) is 3. The molecule has 1 saturated heterocycles. The van der Waals surface area contributed by atoms with Crippen molar-refractivity contribution in [3.63, 3.8) is 0 Å². The maximum atomic E-state index is 12.4. The van der Waals surface area contributed by atoms with Crippen LogP contribution in [0.1, 0.15) is 72.8 Å². The summed E-state index contributed by atoms with van der Waals surface area (Å²) in [6.45, 7) is 2.05. The van der Waals surface area contributed by atoms with Gasteiger partial charge >= 0.3 is 5.97 Å². The van der Waals surface area contributed by atoms with Gasteiger partial charge in [-0.2, -0.15) is 0 Å². The van der Waals surface area contributed by atoms with Crippen molar-refractivity contribution in [2.24, 2.45) is 5.92 Å². The van der Waals surface area contributed by atoms with Crippen molar-refractivity contribution < 1.29 is 14.7 Å². The zero-order valence-electron chi connectivity index (χ0n) is 14.5. The van der Waals surface area contributed by atoms with Crippen molar-refractivity contribution in [1.29, 1.82) is 0 Å². The van der Waals surface area contributed by atoms with Crippen LogP contribution in [-0.4, -0.2) is 41.1 Å². The first-order valence-electron chi connectivity index (χ1n) is 9.30. The zero-order chi connectivity index (χ0) is 17.6. The summed E-state index contributed by atoms with van der Waals surface area (Å²) >= 11 is 1.60. The van der Waals surface area contributed by atoms with Gasteiger partial charge in [0, 0.05) is 23.8 Å². The lowest BCUT2D eigenvalue weighted by molar-refractivity contribution is -0.137. The minimum Gasteiger partial charge on any atom is -0.481 e. The molecule has 138 valence electrons. The Morgan fingerprint density at radius 1 is 1.20 bits per heavy atom. The van der Waals surface area contributed by atoms with Crippen LogP contribution >= 0.6 is 11.3 Å². The van der Waals surface area contributed by atoms with E-state index in [9.17, 15) is 9.59 Å². The van der Waals surface area contributed by atoms with Crippen molar-refractivity contribution in [1.82, 2.24) is 15.6 Å². The maximum Gasteiger partial charge on any atom is 0.303 e. The fourth-order valence-electron chi connectivity index (χ4n) is 3.83. The standard InChI is InChI=1S/C18H27N3O3S/c22-16(23)6-3-12-1-4-14(5-2-12)20-17(24)15-11-25-18(21-15)13-7-9-19-10-8-13/h11-14,19H,1-10H2,(H,20,24)(H,22,23). The molecular weight excluding hydrogens is 338 g/mol. The van der Waals surface area contributed by atoms with Crippen LogP contribution in [0.15, 0.2) is 5.38 Å². The minimum absolute atomic E-state index is 0.0644. The minimum atomic E-state index is -0.719. The van der Waals surface area contributed by atoms with Crippen molar-refractivity contribution in [3.8, 4) is 0 Å². The molecule has 1 aromatic rings. The second-order valence-electron chi connectivity index (χ2n) is 7.22. The monoisotopic (exact) mass is 365 g/mol. The van der Waals surface area contributed by atoms with E-state index < -0.39 is 5.97 Å². The molecule has 0 unspecified atom stereocenters. The molecule has 1 aliphatic carbocycles. The number of nitrogens with zero attached hydrogens (tertiary/aromatic N) is 1. The van der Waals surface area contributed by atoms with Gasteiger partial charge in [-0.25, -0.2) is 4.98 Å². The molecule has 0 aromatic carbocycles. The van der Waals surface area contributed by atoms with Gasteiger partial charge in [0.15, 0.2) is 0 Å². The van der Waals surface area contributed by atoms with Gasteiger partial charge in [-0.3, -0.25) is 9.59 Å². The molecule has 2 fully saturated rings. The van der Waals surface area contributed by atoms with Gasteiger partial charge < -0.3 is 15.7 Å². The number of carboxylic acid groups (broad SMARTS) is 1. The maximum absolute atomic E-state index is 12.4. The Bertz CT molecular complexity index is 590. The number of thiazole rings is 1. The Kier molecular flexibility index (Phi) is 6.42. The summed E-state index contributed by atoms with van der Waals surface area (Å²) in [5, 5.41) is 18.2. The molecule has 25 heavy (non-hydrogen) atoms. The molecule has 3 rings (SSSR count). The second kappa shape index (κ2) is 8.76. The predicted molar refractivity (Wildman–Crippen MR) is 97.0 cm³/mol. The Balaban J connectivity index is 1.45. The van der Waals surface area contributed by atoms with Gasteiger partial charge in [0.25, 0.3) is 5.91 Å². The molecule has 2 aliphatic rings. The van der Waals surface area contributed by atoms with Gasteiger partial charge in [0.1, 0.15) is 5.69 Å². The summed E-state index contributed by atoms with van der Waals surface area (Å²) in [6.07, 6.45) is 7.04. The third kappa shape index (κ3) is 5.25. The first-order valence-corrected chi connectivity index (χ1v) is 10.2. The largest absolute Gasteiger partial charge is 0.481 e. The molecule has 3 N–H and O–H groups in total. The van der Waals surface area contributed by atoms with Crippen LogP contribution in [0.2, 0.25) is 0 Å². The van der Waals surface area contributed by atoms with E-state index in [1.54, 1.807) is 11.3 Å². The van der Waals surface area contributed by atoms with Crippen LogP contribution in [0.4, 0.5) is 0 Å². The summed E-state index contributed by atoms with van der Waals surface area (Å²) in [5.74, 6) is 0.182. The highest BCUT2D eigenvalue weighted by atomic mass is 32.1. The van der Waals surface area contributed by atoms with Crippen LogP contribution in [0.3, 0.4) is 0 Å². The summed E-state index contributed by atoms with van der Waals surface area (Å²) in [7, 11) is 0. The first kappa shape index (κ1) is 18.3. The molecule has 1 aliphatic heterocycles. The third-order valence-corrected chi connectivity index (χ3v) is 6.40. The van der Waals surface area contributed by atoms with Crippen molar-refractivity contribution in [3.05, 3.63) is 16.1 Å². The fourth-order valence-corrected chi connectivity index (χ4v) is 4.80.